The molecule has 3 rings (SSSR count). The molecule has 1 heterocycles. The second-order valence-electron chi connectivity index (χ2n) is 6.56. The molecule has 2 aromatic carbocycles. The Balaban J connectivity index is 1.39. The molecule has 0 unspecified atom stereocenters. The van der Waals surface area contributed by atoms with Gasteiger partial charge in [-0.05, 0) is 42.8 Å². The lowest BCUT2D eigenvalue weighted by atomic mass is 10.2. The lowest BCUT2D eigenvalue weighted by Crippen LogP contribution is -2.49. The van der Waals surface area contributed by atoms with Crippen LogP contribution in [-0.2, 0) is 14.3 Å². The maximum absolute atomic E-state index is 12.3. The maximum atomic E-state index is 12.3. The van der Waals surface area contributed by atoms with E-state index in [4.69, 9.17) is 4.74 Å². The first-order chi connectivity index (χ1) is 13.5. The van der Waals surface area contributed by atoms with Crippen molar-refractivity contribution in [1.29, 1.82) is 0 Å². The number of anilines is 1. The summed E-state index contributed by atoms with van der Waals surface area (Å²) in [6.45, 7) is 4.64. The van der Waals surface area contributed by atoms with Crippen molar-refractivity contribution in [3.63, 3.8) is 0 Å². The standard InChI is InChI=1S/C21H23BrN2O3S/c1-16-13-17(22)7-8-19(16)28-15-21(26)27-14-20(25)24-11-9-23(10-12-24)18-5-3-2-4-6-18/h2-8,13H,9-12,14-15H2,1H3. The minimum atomic E-state index is -0.372. The van der Waals surface area contributed by atoms with Gasteiger partial charge in [-0.25, -0.2) is 0 Å². The zero-order chi connectivity index (χ0) is 19.9. The number of hydrogen-bond donors (Lipinski definition) is 0. The molecule has 1 aliphatic rings. The third-order valence-electron chi connectivity index (χ3n) is 4.59. The van der Waals surface area contributed by atoms with E-state index < -0.39 is 0 Å². The molecule has 1 amide bonds. The summed E-state index contributed by atoms with van der Waals surface area (Å²) in [7, 11) is 0. The van der Waals surface area contributed by atoms with Crippen molar-refractivity contribution in [2.24, 2.45) is 0 Å². The van der Waals surface area contributed by atoms with Crippen molar-refractivity contribution in [2.45, 2.75) is 11.8 Å². The summed E-state index contributed by atoms with van der Waals surface area (Å²) in [5, 5.41) is 0. The molecule has 1 saturated heterocycles. The first-order valence-electron chi connectivity index (χ1n) is 9.15. The Bertz CT molecular complexity index is 824. The smallest absolute Gasteiger partial charge is 0.316 e. The van der Waals surface area contributed by atoms with Gasteiger partial charge in [-0.3, -0.25) is 9.59 Å². The fourth-order valence-corrected chi connectivity index (χ4v) is 4.32. The Morgan fingerprint density at radius 3 is 2.46 bits per heavy atom. The van der Waals surface area contributed by atoms with Gasteiger partial charge in [0.2, 0.25) is 0 Å². The number of piperazine rings is 1. The molecule has 0 radical (unpaired) electrons. The minimum Gasteiger partial charge on any atom is -0.455 e. The topological polar surface area (TPSA) is 49.9 Å². The number of esters is 1. The predicted molar refractivity (Wildman–Crippen MR) is 116 cm³/mol. The lowest BCUT2D eigenvalue weighted by Gasteiger charge is -2.36. The highest BCUT2D eigenvalue weighted by Gasteiger charge is 2.22. The van der Waals surface area contributed by atoms with Gasteiger partial charge in [-0.15, -0.1) is 11.8 Å². The van der Waals surface area contributed by atoms with Crippen molar-refractivity contribution >= 4 is 45.3 Å². The Labute approximate surface area is 178 Å². The molecule has 1 fully saturated rings. The van der Waals surface area contributed by atoms with Crippen LogP contribution in [0.5, 0.6) is 0 Å². The molecule has 5 nitrogen and oxygen atoms in total. The molecular formula is C21H23BrN2O3S. The zero-order valence-electron chi connectivity index (χ0n) is 15.8. The van der Waals surface area contributed by atoms with E-state index in [1.54, 1.807) is 4.90 Å². The van der Waals surface area contributed by atoms with E-state index >= 15 is 0 Å². The molecule has 0 aliphatic carbocycles. The Morgan fingerprint density at radius 1 is 1.07 bits per heavy atom. The number of para-hydroxylation sites is 1. The number of thioether (sulfide) groups is 1. The van der Waals surface area contributed by atoms with E-state index in [9.17, 15) is 9.59 Å². The summed E-state index contributed by atoms with van der Waals surface area (Å²) in [6, 6.07) is 16.1. The fraction of sp³-hybridized carbons (Fsp3) is 0.333. The number of ether oxygens (including phenoxy) is 1. The molecule has 0 N–H and O–H groups in total. The van der Waals surface area contributed by atoms with Crippen LogP contribution in [0.1, 0.15) is 5.56 Å². The van der Waals surface area contributed by atoms with E-state index in [-0.39, 0.29) is 24.2 Å². The Hall–Kier alpha value is -1.99. The highest BCUT2D eigenvalue weighted by Crippen LogP contribution is 2.25. The number of nitrogens with zero attached hydrogens (tertiary/aromatic N) is 2. The Kier molecular flexibility index (Phi) is 7.39. The van der Waals surface area contributed by atoms with Crippen LogP contribution in [0.3, 0.4) is 0 Å². The van der Waals surface area contributed by atoms with Gasteiger partial charge < -0.3 is 14.5 Å². The van der Waals surface area contributed by atoms with E-state index in [1.807, 2.05) is 43.3 Å². The maximum Gasteiger partial charge on any atom is 0.316 e. The molecule has 0 bridgehead atoms. The van der Waals surface area contributed by atoms with Gasteiger partial charge >= 0.3 is 5.97 Å². The van der Waals surface area contributed by atoms with Gasteiger partial charge in [0.25, 0.3) is 5.91 Å². The Morgan fingerprint density at radius 2 is 1.79 bits per heavy atom. The number of carbonyl (C=O) groups excluding carboxylic acids is 2. The summed E-state index contributed by atoms with van der Waals surface area (Å²) in [5.74, 6) is -0.313. The van der Waals surface area contributed by atoms with Crippen molar-refractivity contribution in [1.82, 2.24) is 4.90 Å². The average molecular weight is 463 g/mol. The highest BCUT2D eigenvalue weighted by atomic mass is 79.9. The van der Waals surface area contributed by atoms with Crippen LogP contribution < -0.4 is 4.90 Å². The summed E-state index contributed by atoms with van der Waals surface area (Å²) in [5.41, 5.74) is 2.26. The third kappa shape index (κ3) is 5.75. The molecule has 0 saturated carbocycles. The van der Waals surface area contributed by atoms with Gasteiger partial charge in [-0.1, -0.05) is 34.1 Å². The highest BCUT2D eigenvalue weighted by molar-refractivity contribution is 9.10. The van der Waals surface area contributed by atoms with Gasteiger partial charge in [0.1, 0.15) is 0 Å². The molecule has 148 valence electrons. The molecule has 0 aromatic heterocycles. The van der Waals surface area contributed by atoms with Gasteiger partial charge in [0.05, 0.1) is 5.75 Å². The predicted octanol–water partition coefficient (Wildman–Crippen LogP) is 3.74. The SMILES string of the molecule is Cc1cc(Br)ccc1SCC(=O)OCC(=O)N1CCN(c2ccccc2)CC1. The molecule has 0 atom stereocenters. The minimum absolute atomic E-state index is 0.133. The van der Waals surface area contributed by atoms with E-state index in [2.05, 4.69) is 33.0 Å². The van der Waals surface area contributed by atoms with Crippen LogP contribution in [0, 0.1) is 6.92 Å². The van der Waals surface area contributed by atoms with Gasteiger partial charge in [0.15, 0.2) is 6.61 Å². The van der Waals surface area contributed by atoms with Crippen LogP contribution in [0.25, 0.3) is 0 Å². The average Bonchev–Trinajstić information content (AvgIpc) is 2.72. The molecule has 2 aromatic rings. The van der Waals surface area contributed by atoms with Gasteiger partial charge in [-0.2, -0.15) is 0 Å². The largest absolute Gasteiger partial charge is 0.455 e. The third-order valence-corrected chi connectivity index (χ3v) is 6.24. The van der Waals surface area contributed by atoms with Crippen LogP contribution >= 0.6 is 27.7 Å². The number of carbonyl (C=O) groups is 2. The van der Waals surface area contributed by atoms with Crippen molar-refractivity contribution in [3.05, 3.63) is 58.6 Å². The number of benzene rings is 2. The molecular weight excluding hydrogens is 440 g/mol. The number of amides is 1. The quantitative estimate of drug-likeness (QED) is 0.483. The number of aryl methyl sites for hydroxylation is 1. The van der Waals surface area contributed by atoms with E-state index in [1.165, 1.54) is 17.4 Å². The first kappa shape index (κ1) is 20.7. The number of rotatable bonds is 6. The fourth-order valence-electron chi connectivity index (χ4n) is 3.04. The second-order valence-corrected chi connectivity index (χ2v) is 8.50. The normalized spacial score (nSPS) is 14.1. The molecule has 28 heavy (non-hydrogen) atoms. The number of halogens is 1. The van der Waals surface area contributed by atoms with Crippen molar-refractivity contribution in [3.8, 4) is 0 Å². The summed E-state index contributed by atoms with van der Waals surface area (Å²) in [4.78, 5) is 29.4. The molecule has 1 aliphatic heterocycles. The summed E-state index contributed by atoms with van der Waals surface area (Å²) < 4.78 is 6.19. The second kappa shape index (κ2) is 9.98. The van der Waals surface area contributed by atoms with E-state index in [0.29, 0.717) is 13.1 Å². The number of hydrogen-bond acceptors (Lipinski definition) is 5. The summed E-state index contributed by atoms with van der Waals surface area (Å²) in [6.07, 6.45) is 0. The van der Waals surface area contributed by atoms with Gasteiger partial charge in [0, 0.05) is 41.2 Å². The van der Waals surface area contributed by atoms with Crippen molar-refractivity contribution < 1.29 is 14.3 Å². The lowest BCUT2D eigenvalue weighted by molar-refractivity contribution is -0.150. The first-order valence-corrected chi connectivity index (χ1v) is 10.9. The molecule has 7 heteroatoms. The summed E-state index contributed by atoms with van der Waals surface area (Å²) >= 11 is 4.85. The van der Waals surface area contributed by atoms with Crippen molar-refractivity contribution in [2.75, 3.05) is 43.4 Å². The van der Waals surface area contributed by atoms with Crippen LogP contribution in [0.15, 0.2) is 57.9 Å². The van der Waals surface area contributed by atoms with Crippen LogP contribution in [0.4, 0.5) is 5.69 Å². The molecule has 0 spiro atoms. The van der Waals surface area contributed by atoms with E-state index in [0.717, 1.165) is 28.0 Å². The monoisotopic (exact) mass is 462 g/mol. The zero-order valence-corrected chi connectivity index (χ0v) is 18.2. The van der Waals surface area contributed by atoms with Crippen LogP contribution in [-0.4, -0.2) is 55.3 Å². The van der Waals surface area contributed by atoms with Crippen LogP contribution in [0.2, 0.25) is 0 Å².